The summed E-state index contributed by atoms with van der Waals surface area (Å²) >= 11 is 0. The molecule has 0 fully saturated rings. The summed E-state index contributed by atoms with van der Waals surface area (Å²) in [6.45, 7) is 7.28. The number of aliphatic carboxylic acids is 1. The molecule has 0 saturated heterocycles. The van der Waals surface area contributed by atoms with Gasteiger partial charge in [0.05, 0.1) is 0 Å². The first-order valence-corrected chi connectivity index (χ1v) is 12.4. The fourth-order valence-electron chi connectivity index (χ4n) is 4.80. The summed E-state index contributed by atoms with van der Waals surface area (Å²) < 4.78 is 5.65. The van der Waals surface area contributed by atoms with Gasteiger partial charge in [-0.25, -0.2) is 9.59 Å². The number of benzene rings is 2. The van der Waals surface area contributed by atoms with Gasteiger partial charge in [-0.2, -0.15) is 0 Å². The summed E-state index contributed by atoms with van der Waals surface area (Å²) in [6.07, 6.45) is 1.80. The minimum atomic E-state index is -1.33. The Labute approximate surface area is 207 Å². The van der Waals surface area contributed by atoms with Crippen LogP contribution < -0.4 is 5.32 Å². The smallest absolute Gasteiger partial charge is 0.407 e. The SMILES string of the molecule is CCCC[C@H](CC(=O)N(CC)C(C)(C)C(=O)O)NC(=O)OCC1c2ccccc2-c2ccccc21. The highest BCUT2D eigenvalue weighted by Gasteiger charge is 2.37. The number of fused-ring (bicyclic) bond motifs is 3. The van der Waals surface area contributed by atoms with E-state index in [0.29, 0.717) is 6.42 Å². The highest BCUT2D eigenvalue weighted by atomic mass is 16.5. The van der Waals surface area contributed by atoms with Gasteiger partial charge < -0.3 is 20.1 Å². The zero-order valence-electron chi connectivity index (χ0n) is 21.0. The average Bonchev–Trinajstić information content (AvgIpc) is 3.15. The third-order valence-electron chi connectivity index (χ3n) is 6.81. The number of nitrogens with zero attached hydrogens (tertiary/aromatic N) is 1. The second kappa shape index (κ2) is 11.4. The van der Waals surface area contributed by atoms with Crippen molar-refractivity contribution in [1.82, 2.24) is 10.2 Å². The summed E-state index contributed by atoms with van der Waals surface area (Å²) in [6, 6.07) is 15.8. The van der Waals surface area contributed by atoms with E-state index in [1.165, 1.54) is 18.7 Å². The average molecular weight is 481 g/mol. The van der Waals surface area contributed by atoms with Gasteiger partial charge in [0.15, 0.2) is 0 Å². The van der Waals surface area contributed by atoms with Gasteiger partial charge in [-0.05, 0) is 49.4 Å². The molecule has 7 heteroatoms. The molecule has 0 bridgehead atoms. The Hall–Kier alpha value is -3.35. The van der Waals surface area contributed by atoms with E-state index in [1.807, 2.05) is 31.2 Å². The highest BCUT2D eigenvalue weighted by molar-refractivity contribution is 5.87. The van der Waals surface area contributed by atoms with E-state index in [4.69, 9.17) is 4.74 Å². The van der Waals surface area contributed by atoms with Crippen molar-refractivity contribution in [2.24, 2.45) is 0 Å². The fraction of sp³-hybridized carbons (Fsp3) is 0.464. The van der Waals surface area contributed by atoms with Crippen LogP contribution in [0.25, 0.3) is 11.1 Å². The number of alkyl carbamates (subject to hydrolysis) is 1. The highest BCUT2D eigenvalue weighted by Crippen LogP contribution is 2.44. The van der Waals surface area contributed by atoms with Crippen LogP contribution in [0.1, 0.15) is 70.4 Å². The molecule has 0 aliphatic heterocycles. The maximum Gasteiger partial charge on any atom is 0.407 e. The normalized spacial score (nSPS) is 13.5. The van der Waals surface area contributed by atoms with Crippen LogP contribution in [0.15, 0.2) is 48.5 Å². The molecule has 0 saturated carbocycles. The number of ether oxygens (including phenoxy) is 1. The van der Waals surface area contributed by atoms with Gasteiger partial charge in [-0.3, -0.25) is 4.79 Å². The first-order valence-electron chi connectivity index (χ1n) is 12.4. The predicted molar refractivity (Wildman–Crippen MR) is 135 cm³/mol. The molecule has 188 valence electrons. The number of carboxylic acids is 1. The Morgan fingerprint density at radius 1 is 1.03 bits per heavy atom. The lowest BCUT2D eigenvalue weighted by atomic mass is 9.98. The molecule has 2 N–H and O–H groups in total. The molecule has 2 aromatic rings. The number of rotatable bonds is 11. The Morgan fingerprint density at radius 3 is 2.11 bits per heavy atom. The van der Waals surface area contributed by atoms with Crippen molar-refractivity contribution in [2.75, 3.05) is 13.2 Å². The van der Waals surface area contributed by atoms with Gasteiger partial charge in [0.2, 0.25) is 5.91 Å². The van der Waals surface area contributed by atoms with Crippen LogP contribution in [0, 0.1) is 0 Å². The monoisotopic (exact) mass is 480 g/mol. The number of carbonyl (C=O) groups excluding carboxylic acids is 2. The van der Waals surface area contributed by atoms with Crippen LogP contribution in [-0.4, -0.2) is 52.7 Å². The molecule has 1 aliphatic carbocycles. The van der Waals surface area contributed by atoms with E-state index in [-0.39, 0.29) is 31.4 Å². The molecular weight excluding hydrogens is 444 g/mol. The third kappa shape index (κ3) is 5.84. The molecule has 3 rings (SSSR count). The maximum absolute atomic E-state index is 13.0. The van der Waals surface area contributed by atoms with Crippen LogP contribution in [0.3, 0.4) is 0 Å². The van der Waals surface area contributed by atoms with E-state index in [9.17, 15) is 19.5 Å². The van der Waals surface area contributed by atoms with Crippen molar-refractivity contribution in [1.29, 1.82) is 0 Å². The fourth-order valence-corrected chi connectivity index (χ4v) is 4.80. The number of likely N-dealkylation sites (N-methyl/N-ethyl adjacent to an activating group) is 1. The zero-order valence-corrected chi connectivity index (χ0v) is 21.0. The van der Waals surface area contributed by atoms with Crippen molar-refractivity contribution in [2.45, 2.75) is 70.9 Å². The van der Waals surface area contributed by atoms with Gasteiger partial charge in [0, 0.05) is 24.9 Å². The molecule has 35 heavy (non-hydrogen) atoms. The van der Waals surface area contributed by atoms with Gasteiger partial charge >= 0.3 is 12.1 Å². The molecule has 7 nitrogen and oxygen atoms in total. The number of hydrogen-bond donors (Lipinski definition) is 2. The minimum Gasteiger partial charge on any atom is -0.480 e. The molecule has 2 amide bonds. The Bertz CT molecular complexity index is 1020. The zero-order chi connectivity index (χ0) is 25.6. The van der Waals surface area contributed by atoms with E-state index >= 15 is 0 Å². The minimum absolute atomic E-state index is 0.0226. The number of carboxylic acid groups (broad SMARTS) is 1. The van der Waals surface area contributed by atoms with Crippen LogP contribution in [0.5, 0.6) is 0 Å². The van der Waals surface area contributed by atoms with E-state index in [0.717, 1.165) is 35.1 Å². The number of carbonyl (C=O) groups is 3. The largest absolute Gasteiger partial charge is 0.480 e. The Kier molecular flexibility index (Phi) is 8.54. The van der Waals surface area contributed by atoms with Crippen molar-refractivity contribution in [3.05, 3.63) is 59.7 Å². The lowest BCUT2D eigenvalue weighted by Crippen LogP contribution is -2.54. The predicted octanol–water partition coefficient (Wildman–Crippen LogP) is 5.19. The van der Waals surface area contributed by atoms with Crippen LogP contribution in [0.2, 0.25) is 0 Å². The molecule has 0 heterocycles. The number of hydrogen-bond acceptors (Lipinski definition) is 4. The van der Waals surface area contributed by atoms with Crippen LogP contribution in [0.4, 0.5) is 4.79 Å². The summed E-state index contributed by atoms with van der Waals surface area (Å²) in [7, 11) is 0. The molecule has 1 atom stereocenters. The van der Waals surface area contributed by atoms with Crippen molar-refractivity contribution < 1.29 is 24.2 Å². The van der Waals surface area contributed by atoms with Gasteiger partial charge in [0.25, 0.3) is 0 Å². The third-order valence-corrected chi connectivity index (χ3v) is 6.81. The maximum atomic E-state index is 13.0. The second-order valence-corrected chi connectivity index (χ2v) is 9.52. The van der Waals surface area contributed by atoms with Crippen molar-refractivity contribution in [3.63, 3.8) is 0 Å². The van der Waals surface area contributed by atoms with Crippen molar-refractivity contribution >= 4 is 18.0 Å². The number of unbranched alkanes of at least 4 members (excludes halogenated alkanes) is 1. The lowest BCUT2D eigenvalue weighted by molar-refractivity contribution is -0.156. The summed E-state index contributed by atoms with van der Waals surface area (Å²) in [5.74, 6) is -1.42. The van der Waals surface area contributed by atoms with Gasteiger partial charge in [-0.1, -0.05) is 68.3 Å². The molecule has 1 aliphatic rings. The van der Waals surface area contributed by atoms with Gasteiger partial charge in [0.1, 0.15) is 12.1 Å². The molecule has 0 radical (unpaired) electrons. The Morgan fingerprint density at radius 2 is 1.60 bits per heavy atom. The topological polar surface area (TPSA) is 95.9 Å². The molecule has 0 spiro atoms. The van der Waals surface area contributed by atoms with E-state index < -0.39 is 23.6 Å². The number of amides is 2. The number of nitrogens with one attached hydrogen (secondary N) is 1. The molecule has 0 unspecified atom stereocenters. The first-order chi connectivity index (χ1) is 16.7. The Balaban J connectivity index is 1.66. The molecule has 2 aromatic carbocycles. The van der Waals surface area contributed by atoms with E-state index in [1.54, 1.807) is 6.92 Å². The van der Waals surface area contributed by atoms with Crippen LogP contribution >= 0.6 is 0 Å². The second-order valence-electron chi connectivity index (χ2n) is 9.52. The standard InChI is InChI=1S/C28H36N2O5/c1-5-7-12-19(17-25(31)30(6-2)28(3,4)26(32)33)29-27(34)35-18-24-22-15-10-8-13-20(22)21-14-9-11-16-23(21)24/h8-11,13-16,19,24H,5-7,12,17-18H2,1-4H3,(H,29,34)(H,32,33)/t19-/m1/s1. The first kappa shape index (κ1) is 26.3. The van der Waals surface area contributed by atoms with Crippen LogP contribution in [-0.2, 0) is 14.3 Å². The lowest BCUT2D eigenvalue weighted by Gasteiger charge is -2.35. The van der Waals surface area contributed by atoms with Gasteiger partial charge in [-0.15, -0.1) is 0 Å². The quantitative estimate of drug-likeness (QED) is 0.462. The van der Waals surface area contributed by atoms with Crippen molar-refractivity contribution in [3.8, 4) is 11.1 Å². The molecular formula is C28H36N2O5. The summed E-state index contributed by atoms with van der Waals surface area (Å²) in [5.41, 5.74) is 3.25. The summed E-state index contributed by atoms with van der Waals surface area (Å²) in [4.78, 5) is 38.8. The molecule has 0 aromatic heterocycles. The van der Waals surface area contributed by atoms with E-state index in [2.05, 4.69) is 29.6 Å². The summed E-state index contributed by atoms with van der Waals surface area (Å²) in [5, 5.41) is 12.4.